The van der Waals surface area contributed by atoms with E-state index in [2.05, 4.69) is 15.0 Å². The van der Waals surface area contributed by atoms with E-state index >= 15 is 0 Å². The van der Waals surface area contributed by atoms with E-state index in [-0.39, 0.29) is 18.0 Å². The molecule has 0 radical (unpaired) electrons. The minimum absolute atomic E-state index is 0.198. The first-order valence-corrected chi connectivity index (χ1v) is 8.08. The Bertz CT molecular complexity index is 873. The van der Waals surface area contributed by atoms with Crippen LogP contribution in [0.1, 0.15) is 5.69 Å². The van der Waals surface area contributed by atoms with Crippen molar-refractivity contribution in [1.82, 2.24) is 15.0 Å². The van der Waals surface area contributed by atoms with Crippen molar-refractivity contribution in [3.8, 4) is 22.2 Å². The van der Waals surface area contributed by atoms with Gasteiger partial charge in [-0.2, -0.15) is 0 Å². The zero-order chi connectivity index (χ0) is 17.3. The van der Waals surface area contributed by atoms with Gasteiger partial charge in [-0.05, 0) is 12.1 Å². The Morgan fingerprint density at radius 2 is 2.12 bits per heavy atom. The summed E-state index contributed by atoms with van der Waals surface area (Å²) in [6.07, 6.45) is 2.74. The Morgan fingerprint density at radius 1 is 1.33 bits per heavy atom. The van der Waals surface area contributed by atoms with Gasteiger partial charge in [0.25, 0.3) is 0 Å². The van der Waals surface area contributed by atoms with E-state index in [0.717, 1.165) is 0 Å². The van der Waals surface area contributed by atoms with Crippen LogP contribution in [0.4, 0.5) is 5.82 Å². The van der Waals surface area contributed by atoms with E-state index in [0.29, 0.717) is 26.5 Å². The molecule has 0 aliphatic carbocycles. The van der Waals surface area contributed by atoms with E-state index in [1.165, 1.54) is 17.5 Å². The fourth-order valence-corrected chi connectivity index (χ4v) is 3.06. The molecule has 0 bridgehead atoms. The molecule has 3 rings (SSSR count). The lowest BCUT2D eigenvalue weighted by molar-refractivity contribution is -0.304. The smallest absolute Gasteiger partial charge is 0.247 e. The zero-order valence-corrected chi connectivity index (χ0v) is 14.4. The van der Waals surface area contributed by atoms with Gasteiger partial charge in [-0.15, -0.1) is 11.3 Å². The number of carboxylic acid groups (broad SMARTS) is 1. The molecule has 3 heterocycles. The minimum atomic E-state index is -1.24. The van der Waals surface area contributed by atoms with E-state index < -0.39 is 5.97 Å². The van der Waals surface area contributed by atoms with Gasteiger partial charge >= 0.3 is 0 Å². The topological polar surface area (TPSA) is 95.2 Å². The second kappa shape index (κ2) is 6.58. The largest absolute Gasteiger partial charge is 0.550 e. The number of aliphatic carboxylic acids is 1. The number of oxazole rings is 1. The van der Waals surface area contributed by atoms with Gasteiger partial charge in [-0.1, -0.05) is 11.6 Å². The molecule has 0 fully saturated rings. The van der Waals surface area contributed by atoms with Crippen molar-refractivity contribution in [3.05, 3.63) is 34.6 Å². The molecule has 0 N–H and O–H groups in total. The lowest BCUT2D eigenvalue weighted by Crippen LogP contribution is -2.24. The Kier molecular flexibility index (Phi) is 4.50. The first-order chi connectivity index (χ1) is 11.4. The van der Waals surface area contributed by atoms with Crippen molar-refractivity contribution in [2.75, 3.05) is 19.0 Å². The Morgan fingerprint density at radius 3 is 2.67 bits per heavy atom. The summed E-state index contributed by atoms with van der Waals surface area (Å²) in [5.41, 5.74) is 0.677. The van der Waals surface area contributed by atoms with Crippen LogP contribution in [-0.4, -0.2) is 35.0 Å². The van der Waals surface area contributed by atoms with Crippen LogP contribution in [0.2, 0.25) is 4.34 Å². The fraction of sp³-hybridized carbons (Fsp3) is 0.200. The van der Waals surface area contributed by atoms with E-state index in [9.17, 15) is 9.90 Å². The molecule has 0 aromatic carbocycles. The zero-order valence-electron chi connectivity index (χ0n) is 12.8. The van der Waals surface area contributed by atoms with E-state index in [1.54, 1.807) is 18.3 Å². The number of anilines is 1. The van der Waals surface area contributed by atoms with Gasteiger partial charge in [0.2, 0.25) is 5.89 Å². The number of nitrogens with zero attached hydrogens (tertiary/aromatic N) is 4. The predicted molar refractivity (Wildman–Crippen MR) is 88.9 cm³/mol. The summed E-state index contributed by atoms with van der Waals surface area (Å²) >= 11 is 7.21. The van der Waals surface area contributed by atoms with Gasteiger partial charge < -0.3 is 19.2 Å². The van der Waals surface area contributed by atoms with Crippen LogP contribution in [0.5, 0.6) is 0 Å². The standard InChI is InChI=1S/C15H13ClN4O3S/c1-20(2)12-7-17-9(6-18-12)15-19-8(5-13(21)22)14(23-15)10-3-4-11(16)24-10/h3-4,6-7H,5H2,1-2H3,(H,21,22)/p-1. The lowest BCUT2D eigenvalue weighted by atomic mass is 10.2. The minimum Gasteiger partial charge on any atom is -0.550 e. The summed E-state index contributed by atoms with van der Waals surface area (Å²) in [6, 6.07) is 3.45. The Labute approximate surface area is 146 Å². The molecule has 0 atom stereocenters. The molecule has 24 heavy (non-hydrogen) atoms. The molecule has 0 saturated heterocycles. The van der Waals surface area contributed by atoms with Crippen LogP contribution in [0.3, 0.4) is 0 Å². The number of rotatable bonds is 5. The number of carbonyl (C=O) groups excluding carboxylic acids is 1. The molecule has 124 valence electrons. The SMILES string of the molecule is CN(C)c1cnc(-c2nc(CC(=O)[O-])c(-c3ccc(Cl)s3)o2)cn1. The maximum atomic E-state index is 11.0. The highest BCUT2D eigenvalue weighted by molar-refractivity contribution is 7.19. The van der Waals surface area contributed by atoms with Crippen LogP contribution in [-0.2, 0) is 11.2 Å². The quantitative estimate of drug-likeness (QED) is 0.682. The molecule has 7 nitrogen and oxygen atoms in total. The molecule has 0 unspecified atom stereocenters. The molecule has 0 spiro atoms. The van der Waals surface area contributed by atoms with E-state index in [1.807, 2.05) is 19.0 Å². The van der Waals surface area contributed by atoms with Crippen molar-refractivity contribution in [3.63, 3.8) is 0 Å². The average molecular weight is 364 g/mol. The third-order valence-corrected chi connectivity index (χ3v) is 4.35. The predicted octanol–water partition coefficient (Wildman–Crippen LogP) is 1.87. The van der Waals surface area contributed by atoms with Crippen LogP contribution in [0.25, 0.3) is 22.2 Å². The fourth-order valence-electron chi connectivity index (χ4n) is 2.01. The molecular formula is C15H12ClN4O3S-. The van der Waals surface area contributed by atoms with Crippen LogP contribution in [0, 0.1) is 0 Å². The van der Waals surface area contributed by atoms with Crippen molar-refractivity contribution < 1.29 is 14.3 Å². The highest BCUT2D eigenvalue weighted by atomic mass is 35.5. The number of aromatic nitrogens is 3. The van der Waals surface area contributed by atoms with Gasteiger partial charge in [0, 0.05) is 26.5 Å². The summed E-state index contributed by atoms with van der Waals surface area (Å²) in [6.45, 7) is 0. The first kappa shape index (κ1) is 16.4. The van der Waals surface area contributed by atoms with Crippen LogP contribution < -0.4 is 10.0 Å². The molecular weight excluding hydrogens is 352 g/mol. The number of thiophene rings is 1. The monoisotopic (exact) mass is 363 g/mol. The second-order valence-corrected chi connectivity index (χ2v) is 6.82. The molecule has 0 saturated carbocycles. The molecule has 3 aromatic rings. The summed E-state index contributed by atoms with van der Waals surface area (Å²) < 4.78 is 6.30. The van der Waals surface area contributed by atoms with Crippen molar-refractivity contribution in [2.24, 2.45) is 0 Å². The summed E-state index contributed by atoms with van der Waals surface area (Å²) in [7, 11) is 3.71. The normalized spacial score (nSPS) is 10.8. The second-order valence-electron chi connectivity index (χ2n) is 5.10. The first-order valence-electron chi connectivity index (χ1n) is 6.89. The van der Waals surface area contributed by atoms with Gasteiger partial charge in [-0.25, -0.2) is 15.0 Å². The number of carboxylic acids is 1. The molecule has 0 amide bonds. The number of carbonyl (C=O) groups is 1. The average Bonchev–Trinajstić information content (AvgIpc) is 3.13. The number of hydrogen-bond donors (Lipinski definition) is 0. The van der Waals surface area contributed by atoms with Gasteiger partial charge in [0.1, 0.15) is 11.5 Å². The lowest BCUT2D eigenvalue weighted by Gasteiger charge is -2.09. The third kappa shape index (κ3) is 3.39. The van der Waals surface area contributed by atoms with Crippen molar-refractivity contribution in [2.45, 2.75) is 6.42 Å². The third-order valence-electron chi connectivity index (χ3n) is 3.12. The summed E-state index contributed by atoms with van der Waals surface area (Å²) in [5, 5.41) is 11.0. The molecule has 0 aliphatic rings. The maximum absolute atomic E-state index is 11.0. The van der Waals surface area contributed by atoms with E-state index in [4.69, 9.17) is 16.0 Å². The number of halogens is 1. The van der Waals surface area contributed by atoms with Crippen molar-refractivity contribution >= 4 is 34.7 Å². The summed E-state index contributed by atoms with van der Waals surface area (Å²) in [5.74, 6) is -0.00788. The molecule has 3 aromatic heterocycles. The Hall–Kier alpha value is -2.45. The highest BCUT2D eigenvalue weighted by Crippen LogP contribution is 2.35. The van der Waals surface area contributed by atoms with Crippen LogP contribution >= 0.6 is 22.9 Å². The highest BCUT2D eigenvalue weighted by Gasteiger charge is 2.19. The van der Waals surface area contributed by atoms with Crippen LogP contribution in [0.15, 0.2) is 28.9 Å². The van der Waals surface area contributed by atoms with Gasteiger partial charge in [0.05, 0.1) is 27.3 Å². The van der Waals surface area contributed by atoms with Gasteiger partial charge in [0.15, 0.2) is 5.76 Å². The van der Waals surface area contributed by atoms with Crippen molar-refractivity contribution in [1.29, 1.82) is 0 Å². The molecule has 0 aliphatic heterocycles. The maximum Gasteiger partial charge on any atom is 0.247 e. The molecule has 9 heteroatoms. The Balaban J connectivity index is 2.02. The number of hydrogen-bond acceptors (Lipinski definition) is 8. The summed E-state index contributed by atoms with van der Waals surface area (Å²) in [4.78, 5) is 26.2. The van der Waals surface area contributed by atoms with Gasteiger partial charge in [-0.3, -0.25) is 0 Å².